The predicted molar refractivity (Wildman–Crippen MR) is 112 cm³/mol. The standard InChI is InChI=1S/C22H34O2.C2H4/c1-6-7-9-16(2)14-17(3)18(4)24-21-10-8-12-22(5)13-11-19(23)15-20(21)22;1-2/h14-16,21H,4,6-13H2,1-3,5H3;1-2H2/b17-14+;/t16?,21-,22+;/m1./s1. The van der Waals surface area contributed by atoms with E-state index < -0.39 is 0 Å². The van der Waals surface area contributed by atoms with Gasteiger partial charge in [-0.05, 0) is 67.6 Å². The van der Waals surface area contributed by atoms with E-state index >= 15 is 0 Å². The van der Waals surface area contributed by atoms with Gasteiger partial charge in [0.1, 0.15) is 11.9 Å². The topological polar surface area (TPSA) is 26.3 Å². The Kier molecular flexibility index (Phi) is 9.12. The van der Waals surface area contributed by atoms with Crippen molar-refractivity contribution in [3.8, 4) is 0 Å². The molecule has 1 unspecified atom stereocenters. The van der Waals surface area contributed by atoms with Crippen molar-refractivity contribution in [1.82, 2.24) is 0 Å². The molecule has 0 aromatic carbocycles. The van der Waals surface area contributed by atoms with Crippen LogP contribution in [0, 0.1) is 11.3 Å². The molecular weight excluding hydrogens is 320 g/mol. The molecule has 0 aromatic heterocycles. The van der Waals surface area contributed by atoms with Crippen molar-refractivity contribution in [2.45, 2.75) is 85.2 Å². The number of unbranched alkanes of at least 4 members (excludes halogenated alkanes) is 1. The van der Waals surface area contributed by atoms with E-state index in [1.807, 2.05) is 6.08 Å². The van der Waals surface area contributed by atoms with E-state index in [1.54, 1.807) is 0 Å². The average molecular weight is 359 g/mol. The molecule has 0 radical (unpaired) electrons. The summed E-state index contributed by atoms with van der Waals surface area (Å²) < 4.78 is 6.26. The summed E-state index contributed by atoms with van der Waals surface area (Å²) in [6.07, 6.45) is 12.8. The van der Waals surface area contributed by atoms with Crippen LogP contribution in [0.2, 0.25) is 0 Å². The number of allylic oxidation sites excluding steroid dienone is 3. The van der Waals surface area contributed by atoms with Gasteiger partial charge in [-0.2, -0.15) is 0 Å². The molecule has 0 amide bonds. The Morgan fingerprint density at radius 2 is 2.12 bits per heavy atom. The van der Waals surface area contributed by atoms with Gasteiger partial charge in [-0.1, -0.05) is 46.3 Å². The lowest BCUT2D eigenvalue weighted by molar-refractivity contribution is -0.116. The average Bonchev–Trinajstić information content (AvgIpc) is 2.62. The Morgan fingerprint density at radius 1 is 1.42 bits per heavy atom. The third kappa shape index (κ3) is 6.00. The molecule has 3 atom stereocenters. The van der Waals surface area contributed by atoms with Crippen LogP contribution in [0.3, 0.4) is 0 Å². The molecule has 0 bridgehead atoms. The number of carbonyl (C=O) groups is 1. The fourth-order valence-corrected chi connectivity index (χ4v) is 4.06. The van der Waals surface area contributed by atoms with E-state index in [9.17, 15) is 4.79 Å². The molecule has 26 heavy (non-hydrogen) atoms. The first kappa shape index (κ1) is 22.5. The van der Waals surface area contributed by atoms with Crippen LogP contribution in [0.15, 0.2) is 48.8 Å². The minimum absolute atomic E-state index is 0.0230. The second kappa shape index (κ2) is 10.5. The summed E-state index contributed by atoms with van der Waals surface area (Å²) in [5.74, 6) is 1.58. The Bertz CT molecular complexity index is 555. The van der Waals surface area contributed by atoms with E-state index in [2.05, 4.69) is 53.5 Å². The molecule has 2 nitrogen and oxygen atoms in total. The lowest BCUT2D eigenvalue weighted by Crippen LogP contribution is -2.37. The van der Waals surface area contributed by atoms with Gasteiger partial charge in [0, 0.05) is 6.42 Å². The first-order valence-electron chi connectivity index (χ1n) is 10.1. The second-order valence-corrected chi connectivity index (χ2v) is 8.02. The fourth-order valence-electron chi connectivity index (χ4n) is 4.06. The Balaban J connectivity index is 0.00000163. The molecule has 0 aliphatic heterocycles. The summed E-state index contributed by atoms with van der Waals surface area (Å²) in [6, 6.07) is 0. The largest absolute Gasteiger partial charge is 0.486 e. The first-order valence-corrected chi connectivity index (χ1v) is 10.1. The summed E-state index contributed by atoms with van der Waals surface area (Å²) in [5, 5.41) is 0. The van der Waals surface area contributed by atoms with Crippen molar-refractivity contribution in [2.75, 3.05) is 0 Å². The van der Waals surface area contributed by atoms with Crippen LogP contribution in [0.4, 0.5) is 0 Å². The van der Waals surface area contributed by atoms with Crippen LogP contribution in [0.25, 0.3) is 0 Å². The lowest BCUT2D eigenvalue weighted by atomic mass is 9.65. The van der Waals surface area contributed by atoms with Crippen LogP contribution < -0.4 is 0 Å². The molecule has 1 saturated carbocycles. The number of ether oxygens (including phenoxy) is 1. The Labute approximate surface area is 161 Å². The molecular formula is C24H38O2. The number of hydrogen-bond donors (Lipinski definition) is 0. The van der Waals surface area contributed by atoms with Gasteiger partial charge in [-0.15, -0.1) is 13.2 Å². The quantitative estimate of drug-likeness (QED) is 0.280. The van der Waals surface area contributed by atoms with E-state index in [0.717, 1.165) is 30.6 Å². The van der Waals surface area contributed by atoms with Crippen molar-refractivity contribution in [2.24, 2.45) is 11.3 Å². The molecule has 0 spiro atoms. The molecule has 2 rings (SSSR count). The fraction of sp³-hybridized carbons (Fsp3) is 0.625. The molecule has 2 aliphatic rings. The third-order valence-corrected chi connectivity index (χ3v) is 5.75. The minimum atomic E-state index is 0.0230. The van der Waals surface area contributed by atoms with Crippen molar-refractivity contribution in [3.63, 3.8) is 0 Å². The van der Waals surface area contributed by atoms with Gasteiger partial charge in [0.15, 0.2) is 5.78 Å². The second-order valence-electron chi connectivity index (χ2n) is 8.02. The molecule has 0 aromatic rings. The summed E-state index contributed by atoms with van der Waals surface area (Å²) >= 11 is 0. The molecule has 2 heteroatoms. The van der Waals surface area contributed by atoms with Crippen molar-refractivity contribution < 1.29 is 9.53 Å². The normalized spacial score (nSPS) is 26.8. The third-order valence-electron chi connectivity index (χ3n) is 5.75. The van der Waals surface area contributed by atoms with E-state index in [4.69, 9.17) is 4.74 Å². The number of fused-ring (bicyclic) bond motifs is 1. The number of carbonyl (C=O) groups excluding carboxylic acids is 1. The van der Waals surface area contributed by atoms with Gasteiger partial charge >= 0.3 is 0 Å². The highest BCUT2D eigenvalue weighted by molar-refractivity contribution is 5.91. The molecule has 0 N–H and O–H groups in total. The van der Waals surface area contributed by atoms with Crippen LogP contribution in [0.5, 0.6) is 0 Å². The highest BCUT2D eigenvalue weighted by Gasteiger charge is 2.41. The molecule has 0 saturated heterocycles. The predicted octanol–water partition coefficient (Wildman–Crippen LogP) is 6.94. The van der Waals surface area contributed by atoms with E-state index in [1.165, 1.54) is 31.3 Å². The highest BCUT2D eigenvalue weighted by Crippen LogP contribution is 2.47. The smallest absolute Gasteiger partial charge is 0.155 e. The van der Waals surface area contributed by atoms with Crippen LogP contribution in [-0.4, -0.2) is 11.9 Å². The van der Waals surface area contributed by atoms with Crippen molar-refractivity contribution in [3.05, 3.63) is 48.8 Å². The highest BCUT2D eigenvalue weighted by atomic mass is 16.5. The van der Waals surface area contributed by atoms with Gasteiger partial charge in [0.25, 0.3) is 0 Å². The zero-order chi connectivity index (χ0) is 19.7. The van der Waals surface area contributed by atoms with Gasteiger partial charge < -0.3 is 4.74 Å². The number of hydrogen-bond acceptors (Lipinski definition) is 2. The van der Waals surface area contributed by atoms with Gasteiger partial charge in [-0.25, -0.2) is 0 Å². The van der Waals surface area contributed by atoms with Crippen LogP contribution >= 0.6 is 0 Å². The maximum atomic E-state index is 11.9. The van der Waals surface area contributed by atoms with E-state index in [-0.39, 0.29) is 17.3 Å². The van der Waals surface area contributed by atoms with Gasteiger partial charge in [-0.3, -0.25) is 4.79 Å². The van der Waals surface area contributed by atoms with Crippen LogP contribution in [-0.2, 0) is 9.53 Å². The molecule has 2 aliphatic carbocycles. The molecule has 1 fully saturated rings. The SMILES string of the molecule is C=C.C=C(O[C@@H]1CCC[C@@]2(C)CCC(=O)C=C12)/C(C)=C/C(C)CCCC. The number of rotatable bonds is 7. The van der Waals surface area contributed by atoms with Crippen LogP contribution in [0.1, 0.15) is 79.1 Å². The lowest BCUT2D eigenvalue weighted by Gasteiger charge is -2.43. The monoisotopic (exact) mass is 358 g/mol. The Morgan fingerprint density at radius 3 is 2.77 bits per heavy atom. The summed E-state index contributed by atoms with van der Waals surface area (Å²) in [5.41, 5.74) is 2.48. The van der Waals surface area contributed by atoms with E-state index in [0.29, 0.717) is 12.3 Å². The van der Waals surface area contributed by atoms with Crippen molar-refractivity contribution in [1.29, 1.82) is 0 Å². The maximum absolute atomic E-state index is 11.9. The van der Waals surface area contributed by atoms with Gasteiger partial charge in [0.05, 0.1) is 0 Å². The summed E-state index contributed by atoms with van der Waals surface area (Å²) in [7, 11) is 0. The zero-order valence-electron chi connectivity index (χ0n) is 17.4. The van der Waals surface area contributed by atoms with Crippen molar-refractivity contribution >= 4 is 5.78 Å². The van der Waals surface area contributed by atoms with Gasteiger partial charge in [0.2, 0.25) is 0 Å². The number of ketones is 1. The minimum Gasteiger partial charge on any atom is -0.486 e. The molecule has 0 heterocycles. The Hall–Kier alpha value is -1.57. The summed E-state index contributed by atoms with van der Waals surface area (Å²) in [4.78, 5) is 11.9. The maximum Gasteiger partial charge on any atom is 0.155 e. The summed E-state index contributed by atoms with van der Waals surface area (Å²) in [6.45, 7) is 19.0. The zero-order valence-corrected chi connectivity index (χ0v) is 17.4. The molecule has 146 valence electrons. The first-order chi connectivity index (χ1) is 12.4.